The summed E-state index contributed by atoms with van der Waals surface area (Å²) < 4.78 is 6.80. The summed E-state index contributed by atoms with van der Waals surface area (Å²) >= 11 is 10.0. The molecule has 0 spiro atoms. The number of rotatable bonds is 8. The molecule has 38 heavy (non-hydrogen) atoms. The van der Waals surface area contributed by atoms with Gasteiger partial charge in [-0.25, -0.2) is 4.79 Å². The number of aliphatic hydroxyl groups excluding tert-OH is 1. The Balaban J connectivity index is 0.000000194. The predicted octanol–water partition coefficient (Wildman–Crippen LogP) is 6.53. The van der Waals surface area contributed by atoms with Crippen LogP contribution in [0.15, 0.2) is 66.0 Å². The van der Waals surface area contributed by atoms with Crippen molar-refractivity contribution in [2.75, 3.05) is 13.2 Å². The van der Waals surface area contributed by atoms with E-state index in [1.807, 2.05) is 30.6 Å². The lowest BCUT2D eigenvalue weighted by Gasteiger charge is -2.22. The Bertz CT molecular complexity index is 1350. The average molecular weight is 553 g/mol. The van der Waals surface area contributed by atoms with Crippen molar-refractivity contribution in [3.8, 4) is 0 Å². The first-order valence-corrected chi connectivity index (χ1v) is 14.0. The van der Waals surface area contributed by atoms with Crippen LogP contribution in [0.5, 0.6) is 0 Å². The Hall–Kier alpha value is -3.01. The van der Waals surface area contributed by atoms with Crippen molar-refractivity contribution < 1.29 is 14.6 Å². The largest absolute Gasteiger partial charge is 0.458 e. The number of imidazole rings is 2. The van der Waals surface area contributed by atoms with Gasteiger partial charge in [0.1, 0.15) is 6.61 Å². The highest BCUT2D eigenvalue weighted by molar-refractivity contribution is 7.71. The number of H-pyrrole nitrogens is 4. The fourth-order valence-electron chi connectivity index (χ4n) is 5.15. The first-order valence-electron chi connectivity index (χ1n) is 13.2. The van der Waals surface area contributed by atoms with Gasteiger partial charge in [0.2, 0.25) is 0 Å². The van der Waals surface area contributed by atoms with Crippen LogP contribution in [0, 0.1) is 21.4 Å². The predicted molar refractivity (Wildman–Crippen MR) is 154 cm³/mol. The van der Waals surface area contributed by atoms with Crippen molar-refractivity contribution in [2.45, 2.75) is 51.4 Å². The number of benzene rings is 1. The minimum absolute atomic E-state index is 0.208. The van der Waals surface area contributed by atoms with Crippen LogP contribution in [0.3, 0.4) is 0 Å². The maximum Gasteiger partial charge on any atom is 0.338 e. The number of carbonyl (C=O) groups is 1. The van der Waals surface area contributed by atoms with Crippen LogP contribution in [0.1, 0.15) is 60.3 Å². The summed E-state index contributed by atoms with van der Waals surface area (Å²) in [6.45, 7) is 0.590. The number of nitrogens with one attached hydrogen (secondary N) is 4. The molecular formula is C29H36N4O3S2. The Morgan fingerprint density at radius 1 is 0.868 bits per heavy atom. The highest BCUT2D eigenvalue weighted by Gasteiger charge is 2.18. The van der Waals surface area contributed by atoms with Gasteiger partial charge in [-0.05, 0) is 111 Å². The molecule has 0 aliphatic heterocycles. The number of allylic oxidation sites excluding steroid dienone is 2. The summed E-state index contributed by atoms with van der Waals surface area (Å²) in [7, 11) is 0. The Labute approximate surface area is 233 Å². The highest BCUT2D eigenvalue weighted by Crippen LogP contribution is 2.28. The second-order valence-electron chi connectivity index (χ2n) is 10.1. The molecule has 3 aromatic rings. The van der Waals surface area contributed by atoms with Crippen molar-refractivity contribution in [3.05, 3.63) is 92.5 Å². The minimum Gasteiger partial charge on any atom is -0.458 e. The Morgan fingerprint density at radius 2 is 1.42 bits per heavy atom. The molecular weight excluding hydrogens is 516 g/mol. The van der Waals surface area contributed by atoms with Gasteiger partial charge < -0.3 is 29.8 Å². The van der Waals surface area contributed by atoms with E-state index in [0.717, 1.165) is 50.6 Å². The third kappa shape index (κ3) is 8.79. The van der Waals surface area contributed by atoms with Crippen LogP contribution in [0.25, 0.3) is 0 Å². The van der Waals surface area contributed by atoms with Crippen molar-refractivity contribution in [2.24, 2.45) is 11.8 Å². The molecule has 0 amide bonds. The van der Waals surface area contributed by atoms with E-state index in [9.17, 15) is 4.79 Å². The molecule has 9 heteroatoms. The molecule has 5 rings (SSSR count). The van der Waals surface area contributed by atoms with Crippen LogP contribution in [-0.2, 0) is 17.6 Å². The molecule has 0 saturated carbocycles. The number of hydrogen-bond acceptors (Lipinski definition) is 5. The molecule has 0 radical (unpaired) electrons. The lowest BCUT2D eigenvalue weighted by atomic mass is 9.86. The monoisotopic (exact) mass is 552 g/mol. The minimum atomic E-state index is -0.261. The van der Waals surface area contributed by atoms with Crippen LogP contribution < -0.4 is 0 Å². The first-order chi connectivity index (χ1) is 18.5. The van der Waals surface area contributed by atoms with Crippen LogP contribution in [0.4, 0.5) is 0 Å². The summed E-state index contributed by atoms with van der Waals surface area (Å²) in [5.41, 5.74) is 5.30. The van der Waals surface area contributed by atoms with Gasteiger partial charge in [0.25, 0.3) is 0 Å². The van der Waals surface area contributed by atoms with E-state index < -0.39 is 0 Å². The summed E-state index contributed by atoms with van der Waals surface area (Å²) in [5.74, 6) is 0.939. The Morgan fingerprint density at radius 3 is 1.95 bits per heavy atom. The number of aromatic nitrogens is 4. The third-order valence-corrected chi connectivity index (χ3v) is 7.48. The molecule has 2 aliphatic carbocycles. The average Bonchev–Trinajstić information content (AvgIpc) is 3.55. The van der Waals surface area contributed by atoms with Gasteiger partial charge in [0, 0.05) is 23.8 Å². The summed E-state index contributed by atoms with van der Waals surface area (Å²) in [5, 5.41) is 9.08. The first kappa shape index (κ1) is 28.0. The summed E-state index contributed by atoms with van der Waals surface area (Å²) in [6.07, 6.45) is 16.7. The van der Waals surface area contributed by atoms with Gasteiger partial charge in [-0.3, -0.25) is 0 Å². The van der Waals surface area contributed by atoms with E-state index in [1.54, 1.807) is 12.1 Å². The van der Waals surface area contributed by atoms with Crippen molar-refractivity contribution in [3.63, 3.8) is 0 Å². The number of aliphatic hydroxyl groups is 1. The molecule has 1 aromatic carbocycles. The highest BCUT2D eigenvalue weighted by atomic mass is 32.1. The van der Waals surface area contributed by atoms with E-state index in [1.165, 1.54) is 23.3 Å². The van der Waals surface area contributed by atoms with E-state index in [-0.39, 0.29) is 12.6 Å². The molecule has 5 N–H and O–H groups in total. The fraction of sp³-hybridized carbons (Fsp3) is 0.414. The Kier molecular flexibility index (Phi) is 10.5. The SMILES string of the molecule is O=C(OCC1=CCCC(Cc2c[nH]c(=S)[nH]2)C1)c1ccccc1.OCC1=CCCC(Cc2c[nH]c(=S)[nH]2)C1. The zero-order valence-corrected chi connectivity index (χ0v) is 23.1. The topological polar surface area (TPSA) is 110 Å². The molecule has 2 unspecified atom stereocenters. The number of aromatic amines is 4. The molecule has 2 aromatic heterocycles. The normalized spacial score (nSPS) is 19.1. The van der Waals surface area contributed by atoms with E-state index in [4.69, 9.17) is 34.3 Å². The number of carbonyl (C=O) groups excluding carboxylic acids is 1. The lowest BCUT2D eigenvalue weighted by Crippen LogP contribution is -2.15. The van der Waals surface area contributed by atoms with Gasteiger partial charge in [0.05, 0.1) is 12.2 Å². The van der Waals surface area contributed by atoms with Crippen LogP contribution in [-0.4, -0.2) is 44.2 Å². The smallest absolute Gasteiger partial charge is 0.338 e. The van der Waals surface area contributed by atoms with E-state index >= 15 is 0 Å². The molecule has 0 saturated heterocycles. The number of ether oxygens (including phenoxy) is 1. The summed E-state index contributed by atoms with van der Waals surface area (Å²) in [6, 6.07) is 9.11. The molecule has 2 atom stereocenters. The van der Waals surface area contributed by atoms with Crippen molar-refractivity contribution >= 4 is 30.4 Å². The van der Waals surface area contributed by atoms with Gasteiger partial charge >= 0.3 is 5.97 Å². The lowest BCUT2D eigenvalue weighted by molar-refractivity contribution is 0.0533. The van der Waals surface area contributed by atoms with E-state index in [2.05, 4.69) is 32.1 Å². The molecule has 2 heterocycles. The molecule has 2 aliphatic rings. The number of hydrogen-bond donors (Lipinski definition) is 5. The quantitative estimate of drug-likeness (QED) is 0.124. The zero-order valence-electron chi connectivity index (χ0n) is 21.5. The third-order valence-electron chi connectivity index (χ3n) is 7.04. The molecule has 0 bridgehead atoms. The van der Waals surface area contributed by atoms with Gasteiger partial charge in [0.15, 0.2) is 9.54 Å². The fourth-order valence-corrected chi connectivity index (χ4v) is 5.53. The van der Waals surface area contributed by atoms with Crippen LogP contribution >= 0.6 is 24.4 Å². The summed E-state index contributed by atoms with van der Waals surface area (Å²) in [4.78, 5) is 24.3. The van der Waals surface area contributed by atoms with Gasteiger partial charge in [-0.1, -0.05) is 30.4 Å². The standard InChI is InChI=1S/C18H20N2O2S.C11H16N2OS/c21-17(15-7-2-1-3-8-15)22-12-14-6-4-5-13(9-14)10-16-11-19-18(23)20-16;14-7-9-3-1-2-8(4-9)5-10-6-12-11(15)13-10/h1-3,6-8,11,13H,4-5,9-10,12H2,(H2,19,20,23);3,6,8,14H,1-2,4-5,7H2,(H2,12,13,15). The van der Waals surface area contributed by atoms with Gasteiger partial charge in [-0.2, -0.15) is 0 Å². The number of esters is 1. The maximum absolute atomic E-state index is 12.0. The van der Waals surface area contributed by atoms with Crippen molar-refractivity contribution in [1.82, 2.24) is 19.9 Å². The maximum atomic E-state index is 12.0. The van der Waals surface area contributed by atoms with Crippen LogP contribution in [0.2, 0.25) is 0 Å². The zero-order chi connectivity index (χ0) is 26.7. The molecule has 202 valence electrons. The molecule has 7 nitrogen and oxygen atoms in total. The van der Waals surface area contributed by atoms with Gasteiger partial charge in [-0.15, -0.1) is 0 Å². The van der Waals surface area contributed by atoms with E-state index in [0.29, 0.717) is 33.5 Å². The van der Waals surface area contributed by atoms with Crippen molar-refractivity contribution in [1.29, 1.82) is 0 Å². The second kappa shape index (κ2) is 14.2. The second-order valence-corrected chi connectivity index (χ2v) is 10.9. The molecule has 0 fully saturated rings.